The molecule has 0 saturated heterocycles. The maximum Gasteiger partial charge on any atom is 0.411 e. The second kappa shape index (κ2) is 21.8. The third-order valence-corrected chi connectivity index (χ3v) is 16.7. The average molecular weight is 1170 g/mol. The van der Waals surface area contributed by atoms with Crippen molar-refractivity contribution in [3.8, 4) is 21.1 Å². The monoisotopic (exact) mass is 1170 g/mol. The highest BCUT2D eigenvalue weighted by Gasteiger charge is 2.41. The Morgan fingerprint density at radius 2 is 1.22 bits per heavy atom. The van der Waals surface area contributed by atoms with E-state index in [2.05, 4.69) is 56.7 Å². The van der Waals surface area contributed by atoms with Crippen molar-refractivity contribution in [2.75, 3.05) is 16.9 Å². The molecule has 12 nitrogen and oxygen atoms in total. The molecule has 6 aromatic rings. The van der Waals surface area contributed by atoms with Gasteiger partial charge in [0.15, 0.2) is 0 Å². The van der Waals surface area contributed by atoms with Gasteiger partial charge in [-0.1, -0.05) is 38.4 Å². The molecule has 4 aromatic heterocycles. The second-order valence-corrected chi connectivity index (χ2v) is 25.1. The Balaban J connectivity index is 0.000000201. The molecule has 0 radical (unpaired) electrons. The number of amides is 3. The molecule has 6 heterocycles. The number of benzene rings is 2. The number of nitrogens with zero attached hydrogens (tertiary/aromatic N) is 4. The second-order valence-electron chi connectivity index (χ2n) is 18.3. The zero-order valence-electron chi connectivity index (χ0n) is 39.3. The van der Waals surface area contributed by atoms with E-state index in [1.165, 1.54) is 23.0 Å². The Labute approximate surface area is 439 Å². The first-order valence-corrected chi connectivity index (χ1v) is 27.5. The van der Waals surface area contributed by atoms with Gasteiger partial charge in [-0.05, 0) is 147 Å². The van der Waals surface area contributed by atoms with Crippen molar-refractivity contribution in [3.05, 3.63) is 78.9 Å². The van der Waals surface area contributed by atoms with Crippen LogP contribution in [-0.4, -0.2) is 72.3 Å². The molecule has 0 saturated carbocycles. The van der Waals surface area contributed by atoms with Crippen molar-refractivity contribution >= 4 is 154 Å². The molecule has 8 rings (SSSR count). The summed E-state index contributed by atoms with van der Waals surface area (Å²) in [4.78, 5) is 63.3. The van der Waals surface area contributed by atoms with Crippen molar-refractivity contribution < 1.29 is 28.7 Å². The number of hydrogen-bond donors (Lipinski definition) is 2. The summed E-state index contributed by atoms with van der Waals surface area (Å²) in [6, 6.07) is 11.8. The van der Waals surface area contributed by atoms with Crippen molar-refractivity contribution in [1.82, 2.24) is 19.8 Å². The molecule has 0 fully saturated rings. The summed E-state index contributed by atoms with van der Waals surface area (Å²) in [5, 5.41) is 5.89. The molecule has 2 aliphatic rings. The minimum Gasteiger partial charge on any atom is -0.444 e. The minimum atomic E-state index is -0.574. The van der Waals surface area contributed by atoms with E-state index in [1.54, 1.807) is 38.9 Å². The van der Waals surface area contributed by atoms with Gasteiger partial charge in [0.05, 0.1) is 37.5 Å². The van der Waals surface area contributed by atoms with Crippen LogP contribution in [0, 0.1) is 0 Å². The topological polar surface area (TPSA) is 157 Å². The number of halogens is 4. The van der Waals surface area contributed by atoms with Crippen molar-refractivity contribution in [3.63, 3.8) is 0 Å². The summed E-state index contributed by atoms with van der Waals surface area (Å²) in [6.07, 6.45) is 2.31. The normalized spacial score (nSPS) is 17.9. The van der Waals surface area contributed by atoms with Crippen LogP contribution in [0.15, 0.2) is 58.0 Å². The van der Waals surface area contributed by atoms with Crippen LogP contribution in [0.4, 0.5) is 19.6 Å². The Hall–Kier alpha value is -3.62. The lowest BCUT2D eigenvalue weighted by atomic mass is 9.93. The van der Waals surface area contributed by atoms with E-state index in [-0.39, 0.29) is 53.9 Å². The van der Waals surface area contributed by atoms with E-state index >= 15 is 0 Å². The van der Waals surface area contributed by atoms with Crippen molar-refractivity contribution in [2.45, 2.75) is 124 Å². The fourth-order valence-electron chi connectivity index (χ4n) is 7.98. The molecule has 68 heavy (non-hydrogen) atoms. The minimum absolute atomic E-state index is 0.0172. The quantitative estimate of drug-likeness (QED) is 0.0941. The number of carbonyl (C=O) groups is 4. The predicted octanol–water partition coefficient (Wildman–Crippen LogP) is 15.1. The molecule has 2 aliphatic heterocycles. The Bertz CT molecular complexity index is 2880. The standard InChI is InChI=1S/C24H26BrN3O3S2.C21H24BrN3O2S2.C3H4Cl2O/c1-7-18(29)27-22-19(21-26-16-11-14(25)8-9-17(16)32-21)15-10-12(2)28(13(3)20(15)33-22)23(30)31-24(4,5)6;1-10-8-13-16(19-24-14-9-12(22)6-7-15(14)28-19)18(23)29-17(13)11(2)25(10)20(26)27-21(3,4)5;4-2-1-3(5)6/h7-9,11-13H,1,10H2,2-6H3,(H,27,29);6-7,9-11H,8,23H2,1-5H3;1-2H2. The van der Waals surface area contributed by atoms with Crippen LogP contribution in [0.2, 0.25) is 0 Å². The van der Waals surface area contributed by atoms with E-state index < -0.39 is 11.2 Å². The molecule has 3 N–H and O–H groups in total. The number of ether oxygens (including phenoxy) is 2. The number of thiazole rings is 2. The number of nitrogens with one attached hydrogen (secondary N) is 1. The number of fused-ring (bicyclic) bond motifs is 4. The average Bonchev–Trinajstić information content (AvgIpc) is 3.99. The van der Waals surface area contributed by atoms with E-state index in [0.717, 1.165) is 82.3 Å². The summed E-state index contributed by atoms with van der Waals surface area (Å²) in [7, 11) is 0. The third-order valence-electron chi connectivity index (χ3n) is 10.7. The highest BCUT2D eigenvalue weighted by molar-refractivity contribution is 9.10. The van der Waals surface area contributed by atoms with Crippen LogP contribution < -0.4 is 11.1 Å². The molecule has 2 aromatic carbocycles. The lowest BCUT2D eigenvalue weighted by Crippen LogP contribution is -2.46. The lowest BCUT2D eigenvalue weighted by Gasteiger charge is -2.39. The number of thiophene rings is 2. The number of nitrogens with two attached hydrogens (primary N) is 1. The highest BCUT2D eigenvalue weighted by Crippen LogP contribution is 2.51. The fourth-order valence-corrected chi connectivity index (χ4v) is 13.7. The summed E-state index contributed by atoms with van der Waals surface area (Å²) < 4.78 is 15.5. The van der Waals surface area contributed by atoms with E-state index in [1.807, 2.05) is 97.5 Å². The molecule has 4 unspecified atom stereocenters. The molecule has 0 spiro atoms. The van der Waals surface area contributed by atoms with Gasteiger partial charge in [0.1, 0.15) is 26.2 Å². The van der Waals surface area contributed by atoms with Gasteiger partial charge in [0.25, 0.3) is 0 Å². The number of rotatable bonds is 6. The number of alkyl halides is 1. The third kappa shape index (κ3) is 12.5. The van der Waals surface area contributed by atoms with Crippen LogP contribution in [0.5, 0.6) is 0 Å². The first-order valence-electron chi connectivity index (χ1n) is 21.7. The number of aromatic nitrogens is 2. The van der Waals surface area contributed by atoms with Crippen LogP contribution >= 0.6 is 100 Å². The van der Waals surface area contributed by atoms with Gasteiger partial charge in [0.2, 0.25) is 11.1 Å². The smallest absolute Gasteiger partial charge is 0.411 e. The van der Waals surface area contributed by atoms with Crippen LogP contribution in [0.25, 0.3) is 41.6 Å². The number of hydrogen-bond acceptors (Lipinski definition) is 13. The Kier molecular flexibility index (Phi) is 17.2. The maximum atomic E-state index is 13.0. The van der Waals surface area contributed by atoms with Crippen LogP contribution in [-0.2, 0) is 31.9 Å². The van der Waals surface area contributed by atoms with Gasteiger partial charge in [-0.25, -0.2) is 19.6 Å². The number of nitrogen functional groups attached to an aromatic ring is 1. The molecular formula is C48H54Br2Cl2N6O6S4. The summed E-state index contributed by atoms with van der Waals surface area (Å²) >= 11 is 23.3. The highest BCUT2D eigenvalue weighted by atomic mass is 79.9. The molecule has 0 bridgehead atoms. The summed E-state index contributed by atoms with van der Waals surface area (Å²) in [5.41, 5.74) is 11.5. The first-order chi connectivity index (χ1) is 31.8. The Morgan fingerprint density at radius 1 is 0.779 bits per heavy atom. The predicted molar refractivity (Wildman–Crippen MR) is 290 cm³/mol. The van der Waals surface area contributed by atoms with E-state index in [0.29, 0.717) is 12.3 Å². The van der Waals surface area contributed by atoms with Gasteiger partial charge in [-0.2, -0.15) is 0 Å². The van der Waals surface area contributed by atoms with Gasteiger partial charge >= 0.3 is 12.2 Å². The first kappa shape index (κ1) is 53.7. The van der Waals surface area contributed by atoms with Crippen LogP contribution in [0.1, 0.15) is 109 Å². The molecule has 3 amide bonds. The van der Waals surface area contributed by atoms with Crippen molar-refractivity contribution in [2.24, 2.45) is 0 Å². The van der Waals surface area contributed by atoms with E-state index in [9.17, 15) is 19.2 Å². The molecule has 0 aliphatic carbocycles. The van der Waals surface area contributed by atoms with Gasteiger partial charge in [-0.15, -0.1) is 56.9 Å². The fraction of sp³-hybridized carbons (Fsp3) is 0.417. The molecule has 4 atom stereocenters. The summed E-state index contributed by atoms with van der Waals surface area (Å²) in [6.45, 7) is 23.0. The SMILES string of the molecule is C=CC(=O)Nc1sc2c(c1-c1nc3cc(Br)ccc3s1)CC(C)N(C(=O)OC(C)(C)C)C2C.CC1Cc2c(sc(N)c2-c2nc3cc(Br)ccc3s2)C(C)N1C(=O)OC(C)(C)C.O=C(Cl)CCCl. The van der Waals surface area contributed by atoms with Crippen LogP contribution in [0.3, 0.4) is 0 Å². The lowest BCUT2D eigenvalue weighted by molar-refractivity contribution is -0.112. The Morgan fingerprint density at radius 3 is 1.63 bits per heavy atom. The van der Waals surface area contributed by atoms with E-state index in [4.69, 9.17) is 48.4 Å². The van der Waals surface area contributed by atoms with Gasteiger partial charge < -0.3 is 20.5 Å². The largest absolute Gasteiger partial charge is 0.444 e. The zero-order valence-corrected chi connectivity index (χ0v) is 47.3. The van der Waals surface area contributed by atoms with Crippen molar-refractivity contribution in [1.29, 1.82) is 0 Å². The maximum absolute atomic E-state index is 13.0. The zero-order chi connectivity index (χ0) is 50.2. The molecule has 20 heteroatoms. The molecular weight excluding hydrogens is 1120 g/mol. The molecule has 364 valence electrons. The van der Waals surface area contributed by atoms with Gasteiger partial charge in [0, 0.05) is 54.2 Å². The number of carbonyl (C=O) groups excluding carboxylic acids is 4. The summed E-state index contributed by atoms with van der Waals surface area (Å²) in [5.74, 6) is 0.0471. The number of anilines is 2. The van der Waals surface area contributed by atoms with Gasteiger partial charge in [-0.3, -0.25) is 19.4 Å².